The first-order valence-electron chi connectivity index (χ1n) is 14.3. The van der Waals surface area contributed by atoms with Gasteiger partial charge in [-0.2, -0.15) is 0 Å². The predicted molar refractivity (Wildman–Crippen MR) is 151 cm³/mol. The van der Waals surface area contributed by atoms with E-state index in [-0.39, 0.29) is 67.4 Å². The Hall–Kier alpha value is -0.738. The SMILES string of the molecule is CC(=O)O[C@H]1C[C@@]2(C)[C@@H](C[C@@H](O)[C@H]3[C@@]4(C)CC[C@@H](O)[C@@H](C)[C@@H]4CC[C@@]32C)/C1=C(\CCC=C(C)C)C(=O)O.[PbH2]. The molecule has 10 atom stereocenters. The minimum atomic E-state index is -0.953. The van der Waals surface area contributed by atoms with Gasteiger partial charge in [0.25, 0.3) is 0 Å². The van der Waals surface area contributed by atoms with E-state index >= 15 is 0 Å². The van der Waals surface area contributed by atoms with Crippen molar-refractivity contribution in [3.05, 3.63) is 22.8 Å². The molecular formula is C31H50O6Pb. The standard InChI is InChI=1S/C31H48O6.Pb.2H/c1-17(2)9-8-10-20(28(35)36)26-22-15-24(34)27-29(5)13-12-23(33)18(3)21(29)11-14-30(27,6)31(22,7)16-25(26)37-19(4)32;;;/h9,18,21-25,27,33-34H,8,10-16H2,1-7H3,(H,35,36);;;/b26-20-;;;/t18-,21-,22-,23+,24+,25-,27-,29-,30-,31-;;;/m0.../s1. The van der Waals surface area contributed by atoms with E-state index in [1.54, 1.807) is 0 Å². The van der Waals surface area contributed by atoms with Crippen LogP contribution in [-0.4, -0.2) is 72.9 Å². The Labute approximate surface area is 248 Å². The van der Waals surface area contributed by atoms with Gasteiger partial charge in [-0.3, -0.25) is 4.79 Å². The molecule has 4 aliphatic rings. The van der Waals surface area contributed by atoms with E-state index in [1.165, 1.54) is 6.92 Å². The Morgan fingerprint density at radius 3 is 2.26 bits per heavy atom. The maximum atomic E-state index is 12.6. The summed E-state index contributed by atoms with van der Waals surface area (Å²) in [7, 11) is 0. The van der Waals surface area contributed by atoms with Gasteiger partial charge in [-0.25, -0.2) is 4.79 Å². The van der Waals surface area contributed by atoms with Gasteiger partial charge < -0.3 is 20.1 Å². The molecule has 0 saturated heterocycles. The van der Waals surface area contributed by atoms with Crippen LogP contribution in [0.4, 0.5) is 0 Å². The third-order valence-electron chi connectivity index (χ3n) is 11.6. The molecule has 0 bridgehead atoms. The Kier molecular flexibility index (Phi) is 9.42. The van der Waals surface area contributed by atoms with Gasteiger partial charge in [0.05, 0.1) is 12.2 Å². The summed E-state index contributed by atoms with van der Waals surface area (Å²) >= 11 is 0. The summed E-state index contributed by atoms with van der Waals surface area (Å²) in [6.07, 6.45) is 6.22. The number of aliphatic hydroxyl groups excluding tert-OH is 2. The van der Waals surface area contributed by atoms with Crippen molar-refractivity contribution in [3.8, 4) is 0 Å². The second kappa shape index (κ2) is 11.3. The number of aliphatic hydroxyl groups is 2. The van der Waals surface area contributed by atoms with Gasteiger partial charge in [0.2, 0.25) is 0 Å². The number of allylic oxidation sites excluding steroid dienone is 2. The summed E-state index contributed by atoms with van der Waals surface area (Å²) in [4.78, 5) is 24.8. The van der Waals surface area contributed by atoms with Crippen LogP contribution in [0.5, 0.6) is 0 Å². The first-order chi connectivity index (χ1) is 17.2. The Bertz CT molecular complexity index is 1000. The molecule has 0 spiro atoms. The molecule has 2 radical (unpaired) electrons. The Morgan fingerprint density at radius 1 is 1.03 bits per heavy atom. The number of hydrogen-bond acceptors (Lipinski definition) is 5. The second-order valence-corrected chi connectivity index (χ2v) is 13.6. The first-order valence-corrected chi connectivity index (χ1v) is 14.3. The molecule has 3 N–H and O–H groups in total. The van der Waals surface area contributed by atoms with Crippen molar-refractivity contribution >= 4 is 39.2 Å². The fourth-order valence-corrected chi connectivity index (χ4v) is 9.79. The summed E-state index contributed by atoms with van der Waals surface area (Å²) in [6, 6.07) is 0. The number of carbonyl (C=O) groups is 2. The zero-order valence-corrected chi connectivity index (χ0v) is 30.0. The topological polar surface area (TPSA) is 104 Å². The van der Waals surface area contributed by atoms with Crippen molar-refractivity contribution in [3.63, 3.8) is 0 Å². The molecule has 6 nitrogen and oxygen atoms in total. The van der Waals surface area contributed by atoms with E-state index < -0.39 is 24.1 Å². The van der Waals surface area contributed by atoms with Crippen LogP contribution in [0.25, 0.3) is 0 Å². The Morgan fingerprint density at radius 2 is 1.68 bits per heavy atom. The quantitative estimate of drug-likeness (QED) is 0.164. The van der Waals surface area contributed by atoms with Crippen LogP contribution in [-0.2, 0) is 14.3 Å². The molecule has 0 heterocycles. The molecule has 0 aliphatic heterocycles. The number of carboxylic acid groups (broad SMARTS) is 1. The molecule has 0 aromatic carbocycles. The number of rotatable bonds is 5. The monoisotopic (exact) mass is 726 g/mol. The summed E-state index contributed by atoms with van der Waals surface area (Å²) in [5.74, 6) is -0.909. The van der Waals surface area contributed by atoms with Crippen molar-refractivity contribution in [2.24, 2.45) is 39.9 Å². The maximum absolute atomic E-state index is 12.6. The molecular weight excluding hydrogens is 676 g/mol. The van der Waals surface area contributed by atoms with E-state index in [1.807, 2.05) is 19.9 Å². The summed E-state index contributed by atoms with van der Waals surface area (Å²) in [5.41, 5.74) is 1.57. The molecule has 4 fully saturated rings. The fourth-order valence-electron chi connectivity index (χ4n) is 9.79. The van der Waals surface area contributed by atoms with Gasteiger partial charge in [0.15, 0.2) is 0 Å². The van der Waals surface area contributed by atoms with E-state index in [4.69, 9.17) is 4.74 Å². The van der Waals surface area contributed by atoms with Crippen LogP contribution in [0.1, 0.15) is 99.8 Å². The van der Waals surface area contributed by atoms with E-state index in [9.17, 15) is 24.9 Å². The van der Waals surface area contributed by atoms with E-state index in [0.29, 0.717) is 37.2 Å². The molecule has 4 saturated carbocycles. The van der Waals surface area contributed by atoms with E-state index in [2.05, 4.69) is 27.7 Å². The van der Waals surface area contributed by atoms with E-state index in [0.717, 1.165) is 36.8 Å². The second-order valence-electron chi connectivity index (χ2n) is 13.6. The third kappa shape index (κ3) is 4.97. The number of esters is 1. The summed E-state index contributed by atoms with van der Waals surface area (Å²) in [5, 5.41) is 32.9. The number of aliphatic carboxylic acids is 1. The van der Waals surface area contributed by atoms with Gasteiger partial charge >= 0.3 is 39.2 Å². The summed E-state index contributed by atoms with van der Waals surface area (Å²) < 4.78 is 5.87. The van der Waals surface area contributed by atoms with Crippen LogP contribution in [0.15, 0.2) is 22.8 Å². The number of carboxylic acids is 1. The molecule has 0 unspecified atom stereocenters. The van der Waals surface area contributed by atoms with Gasteiger partial charge in [-0.1, -0.05) is 39.3 Å². The van der Waals surface area contributed by atoms with Crippen molar-refractivity contribution in [1.82, 2.24) is 0 Å². The zero-order chi connectivity index (χ0) is 27.5. The van der Waals surface area contributed by atoms with Crippen LogP contribution in [0, 0.1) is 39.9 Å². The van der Waals surface area contributed by atoms with Crippen molar-refractivity contribution in [2.75, 3.05) is 0 Å². The molecule has 0 aromatic heterocycles. The molecule has 214 valence electrons. The minimum absolute atomic E-state index is 0. The van der Waals surface area contributed by atoms with Crippen molar-refractivity contribution in [1.29, 1.82) is 0 Å². The third-order valence-corrected chi connectivity index (χ3v) is 11.6. The average Bonchev–Trinajstić information content (AvgIpc) is 3.05. The zero-order valence-electron chi connectivity index (χ0n) is 24.5. The van der Waals surface area contributed by atoms with Crippen LogP contribution < -0.4 is 0 Å². The number of hydrogen-bond donors (Lipinski definition) is 3. The molecule has 0 amide bonds. The normalized spacial score (nSPS) is 45.0. The van der Waals surface area contributed by atoms with Gasteiger partial charge in [-0.05, 0) is 111 Å². The van der Waals surface area contributed by atoms with Crippen LogP contribution in [0.2, 0.25) is 0 Å². The van der Waals surface area contributed by atoms with Gasteiger partial charge in [0.1, 0.15) is 6.10 Å². The van der Waals surface area contributed by atoms with Crippen molar-refractivity contribution in [2.45, 2.75) is 118 Å². The number of fused-ring (bicyclic) bond motifs is 5. The van der Waals surface area contributed by atoms with Gasteiger partial charge in [-0.15, -0.1) is 0 Å². The molecule has 38 heavy (non-hydrogen) atoms. The van der Waals surface area contributed by atoms with Crippen LogP contribution >= 0.6 is 0 Å². The first kappa shape index (κ1) is 31.8. The average molecular weight is 726 g/mol. The molecule has 4 rings (SSSR count). The predicted octanol–water partition coefficient (Wildman–Crippen LogP) is 4.75. The summed E-state index contributed by atoms with van der Waals surface area (Å²) in [6.45, 7) is 14.5. The number of ether oxygens (including phenoxy) is 1. The molecule has 4 aliphatic carbocycles. The number of carbonyl (C=O) groups excluding carboxylic acids is 1. The molecule has 7 heteroatoms. The van der Waals surface area contributed by atoms with Crippen molar-refractivity contribution < 1.29 is 29.6 Å². The van der Waals surface area contributed by atoms with Gasteiger partial charge in [0, 0.05) is 12.5 Å². The molecule has 0 aromatic rings. The fraction of sp³-hybridized carbons (Fsp3) is 0.806. The Balaban J connectivity index is 0.00000400. The van der Waals surface area contributed by atoms with Crippen LogP contribution in [0.3, 0.4) is 0 Å².